The van der Waals surface area contributed by atoms with Crippen LogP contribution in [0, 0.1) is 10.1 Å². The van der Waals surface area contributed by atoms with E-state index in [2.05, 4.69) is 5.32 Å². The fourth-order valence-electron chi connectivity index (χ4n) is 1.41. The highest BCUT2D eigenvalue weighted by Crippen LogP contribution is 2.31. The van der Waals surface area contributed by atoms with Gasteiger partial charge in [-0.15, -0.1) is 0 Å². The summed E-state index contributed by atoms with van der Waals surface area (Å²) in [6.07, 6.45) is 0.684. The third kappa shape index (κ3) is 4.48. The summed E-state index contributed by atoms with van der Waals surface area (Å²) in [5, 5.41) is 22.4. The molecule has 0 aliphatic rings. The van der Waals surface area contributed by atoms with Crippen LogP contribution in [-0.2, 0) is 4.74 Å². The number of nitro benzene ring substituents is 1. The summed E-state index contributed by atoms with van der Waals surface area (Å²) in [6.45, 7) is 1.32. The summed E-state index contributed by atoms with van der Waals surface area (Å²) in [6, 6.07) is 4.74. The number of ether oxygens (including phenoxy) is 1. The lowest BCUT2D eigenvalue weighted by molar-refractivity contribution is -0.383. The SMILES string of the molecule is O=[N+]([O-])c1c(Cl)cccc1NCCCOCCO. The first-order valence-electron chi connectivity index (χ1n) is 5.52. The van der Waals surface area contributed by atoms with Gasteiger partial charge in [0.25, 0.3) is 0 Å². The third-order valence-electron chi connectivity index (χ3n) is 2.19. The fraction of sp³-hybridized carbons (Fsp3) is 0.455. The van der Waals surface area contributed by atoms with Crippen LogP contribution in [0.2, 0.25) is 5.02 Å². The number of para-hydroxylation sites is 1. The van der Waals surface area contributed by atoms with Gasteiger partial charge in [0, 0.05) is 13.2 Å². The maximum absolute atomic E-state index is 10.8. The summed E-state index contributed by atoms with van der Waals surface area (Å²) < 4.78 is 5.07. The van der Waals surface area contributed by atoms with Gasteiger partial charge >= 0.3 is 5.69 Å². The highest BCUT2D eigenvalue weighted by atomic mass is 35.5. The second kappa shape index (κ2) is 7.86. The Morgan fingerprint density at radius 2 is 2.22 bits per heavy atom. The summed E-state index contributed by atoms with van der Waals surface area (Å²) in [5.41, 5.74) is 0.283. The van der Waals surface area contributed by atoms with Crippen LogP contribution in [0.25, 0.3) is 0 Å². The van der Waals surface area contributed by atoms with Crippen molar-refractivity contribution in [1.82, 2.24) is 0 Å². The van der Waals surface area contributed by atoms with Gasteiger partial charge in [-0.2, -0.15) is 0 Å². The van der Waals surface area contributed by atoms with Crippen LogP contribution < -0.4 is 5.32 Å². The molecular weight excluding hydrogens is 260 g/mol. The summed E-state index contributed by atoms with van der Waals surface area (Å²) in [7, 11) is 0. The zero-order valence-electron chi connectivity index (χ0n) is 9.76. The molecule has 0 unspecified atom stereocenters. The van der Waals surface area contributed by atoms with Crippen LogP contribution in [-0.4, -0.2) is 36.4 Å². The molecule has 0 fully saturated rings. The standard InChI is InChI=1S/C11H15ClN2O4/c12-9-3-1-4-10(11(9)14(16)17)13-5-2-7-18-8-6-15/h1,3-4,13,15H,2,5-8H2. The van der Waals surface area contributed by atoms with Crippen molar-refractivity contribution < 1.29 is 14.8 Å². The van der Waals surface area contributed by atoms with Crippen LogP contribution in [0.15, 0.2) is 18.2 Å². The molecule has 100 valence electrons. The van der Waals surface area contributed by atoms with Crippen molar-refractivity contribution in [1.29, 1.82) is 0 Å². The highest BCUT2D eigenvalue weighted by molar-refractivity contribution is 6.33. The van der Waals surface area contributed by atoms with E-state index in [-0.39, 0.29) is 17.3 Å². The molecule has 0 heterocycles. The Bertz CT molecular complexity index is 401. The van der Waals surface area contributed by atoms with E-state index in [1.165, 1.54) is 6.07 Å². The number of nitrogens with zero attached hydrogens (tertiary/aromatic N) is 1. The number of anilines is 1. The highest BCUT2D eigenvalue weighted by Gasteiger charge is 2.17. The second-order valence-electron chi connectivity index (χ2n) is 3.51. The normalized spacial score (nSPS) is 10.3. The first-order chi connectivity index (χ1) is 8.66. The van der Waals surface area contributed by atoms with Crippen molar-refractivity contribution in [2.75, 3.05) is 31.7 Å². The van der Waals surface area contributed by atoms with Crippen LogP contribution >= 0.6 is 11.6 Å². The largest absolute Gasteiger partial charge is 0.394 e. The molecule has 0 radical (unpaired) electrons. The number of halogens is 1. The lowest BCUT2D eigenvalue weighted by Crippen LogP contribution is -2.08. The van der Waals surface area contributed by atoms with Gasteiger partial charge in [-0.1, -0.05) is 17.7 Å². The van der Waals surface area contributed by atoms with E-state index >= 15 is 0 Å². The zero-order chi connectivity index (χ0) is 13.4. The topological polar surface area (TPSA) is 84.6 Å². The van der Waals surface area contributed by atoms with Gasteiger partial charge in [-0.05, 0) is 18.6 Å². The van der Waals surface area contributed by atoms with E-state index in [9.17, 15) is 10.1 Å². The minimum absolute atomic E-state index is 0.00675. The molecule has 0 aliphatic heterocycles. The molecule has 0 spiro atoms. The van der Waals surface area contributed by atoms with E-state index in [1.807, 2.05) is 0 Å². The Balaban J connectivity index is 2.47. The molecule has 18 heavy (non-hydrogen) atoms. The lowest BCUT2D eigenvalue weighted by atomic mass is 10.2. The van der Waals surface area contributed by atoms with Crippen LogP contribution in [0.3, 0.4) is 0 Å². The maximum Gasteiger partial charge on any atom is 0.310 e. The van der Waals surface area contributed by atoms with Crippen molar-refractivity contribution in [3.05, 3.63) is 33.3 Å². The zero-order valence-corrected chi connectivity index (χ0v) is 10.5. The molecule has 0 atom stereocenters. The molecule has 0 saturated heterocycles. The average molecular weight is 275 g/mol. The molecule has 2 N–H and O–H groups in total. The molecule has 1 rings (SSSR count). The van der Waals surface area contributed by atoms with Crippen molar-refractivity contribution >= 4 is 23.0 Å². The molecule has 0 amide bonds. The number of hydrogen-bond acceptors (Lipinski definition) is 5. The minimum atomic E-state index is -0.507. The second-order valence-corrected chi connectivity index (χ2v) is 3.92. The lowest BCUT2D eigenvalue weighted by Gasteiger charge is -2.08. The summed E-state index contributed by atoms with van der Waals surface area (Å²) in [4.78, 5) is 10.3. The van der Waals surface area contributed by atoms with Gasteiger partial charge in [0.1, 0.15) is 10.7 Å². The average Bonchev–Trinajstić information content (AvgIpc) is 2.33. The van der Waals surface area contributed by atoms with E-state index in [0.717, 1.165) is 0 Å². The van der Waals surface area contributed by atoms with Gasteiger partial charge in [0.05, 0.1) is 18.1 Å². The van der Waals surface area contributed by atoms with Crippen LogP contribution in [0.4, 0.5) is 11.4 Å². The first-order valence-corrected chi connectivity index (χ1v) is 5.90. The van der Waals surface area contributed by atoms with Crippen molar-refractivity contribution in [2.45, 2.75) is 6.42 Å². The number of nitrogens with one attached hydrogen (secondary N) is 1. The fourth-order valence-corrected chi connectivity index (χ4v) is 1.65. The number of hydrogen-bond donors (Lipinski definition) is 2. The number of rotatable bonds is 8. The van der Waals surface area contributed by atoms with Gasteiger partial charge in [0.2, 0.25) is 0 Å². The third-order valence-corrected chi connectivity index (χ3v) is 2.49. The molecule has 0 bridgehead atoms. The van der Waals surface area contributed by atoms with E-state index < -0.39 is 4.92 Å². The Hall–Kier alpha value is -1.37. The molecular formula is C11H15ClN2O4. The van der Waals surface area contributed by atoms with Crippen LogP contribution in [0.1, 0.15) is 6.42 Å². The predicted molar refractivity (Wildman–Crippen MR) is 69.1 cm³/mol. The Labute approximate surface area is 110 Å². The van der Waals surface area contributed by atoms with E-state index in [4.69, 9.17) is 21.4 Å². The number of aliphatic hydroxyl groups excluding tert-OH is 1. The maximum atomic E-state index is 10.8. The Morgan fingerprint density at radius 3 is 2.89 bits per heavy atom. The Kier molecular flexibility index (Phi) is 6.42. The quantitative estimate of drug-likeness (QED) is 0.431. The molecule has 1 aromatic carbocycles. The van der Waals surface area contributed by atoms with Gasteiger partial charge < -0.3 is 15.2 Å². The number of nitro groups is 1. The number of aliphatic hydroxyl groups is 1. The predicted octanol–water partition coefficient (Wildman–Crippen LogP) is 2.06. The monoisotopic (exact) mass is 274 g/mol. The van der Waals surface area contributed by atoms with Crippen molar-refractivity contribution in [3.8, 4) is 0 Å². The molecule has 0 aromatic heterocycles. The molecule has 0 aliphatic carbocycles. The molecule has 1 aromatic rings. The minimum Gasteiger partial charge on any atom is -0.394 e. The summed E-state index contributed by atoms with van der Waals surface area (Å²) in [5.74, 6) is 0. The van der Waals surface area contributed by atoms with E-state index in [1.54, 1.807) is 12.1 Å². The van der Waals surface area contributed by atoms with Gasteiger partial charge in [-0.25, -0.2) is 0 Å². The molecule has 7 heteroatoms. The Morgan fingerprint density at radius 1 is 1.44 bits per heavy atom. The van der Waals surface area contributed by atoms with Crippen LogP contribution in [0.5, 0.6) is 0 Å². The van der Waals surface area contributed by atoms with Gasteiger partial charge in [0.15, 0.2) is 0 Å². The molecule has 6 nitrogen and oxygen atoms in total. The first kappa shape index (κ1) is 14.7. The molecule has 0 saturated carbocycles. The smallest absolute Gasteiger partial charge is 0.310 e. The van der Waals surface area contributed by atoms with Crippen molar-refractivity contribution in [3.63, 3.8) is 0 Å². The van der Waals surface area contributed by atoms with Crippen molar-refractivity contribution in [2.24, 2.45) is 0 Å². The van der Waals surface area contributed by atoms with Gasteiger partial charge in [-0.3, -0.25) is 10.1 Å². The summed E-state index contributed by atoms with van der Waals surface area (Å²) >= 11 is 5.77. The van der Waals surface area contributed by atoms with E-state index in [0.29, 0.717) is 31.9 Å². The number of benzene rings is 1.